The van der Waals surface area contributed by atoms with E-state index in [1.54, 1.807) is 13.2 Å². The second kappa shape index (κ2) is 6.53. The van der Waals surface area contributed by atoms with Crippen molar-refractivity contribution in [1.82, 2.24) is 0 Å². The number of rotatable bonds is 4. The van der Waals surface area contributed by atoms with Crippen LogP contribution >= 0.6 is 0 Å². The predicted molar refractivity (Wildman–Crippen MR) is 75.2 cm³/mol. The quantitative estimate of drug-likeness (QED) is 0.606. The summed E-state index contributed by atoms with van der Waals surface area (Å²) in [5.74, 6) is 1.35. The summed E-state index contributed by atoms with van der Waals surface area (Å²) in [5, 5.41) is 0. The maximum Gasteiger partial charge on any atom is 0.235 e. The molecule has 19 heavy (non-hydrogen) atoms. The average molecular weight is 259 g/mol. The summed E-state index contributed by atoms with van der Waals surface area (Å²) < 4.78 is 5.28. The molecule has 2 rings (SSSR count). The normalized spacial score (nSPS) is 17.6. The first-order valence-electron chi connectivity index (χ1n) is 6.97. The summed E-state index contributed by atoms with van der Waals surface area (Å²) in [6.07, 6.45) is 7.85. The van der Waals surface area contributed by atoms with Gasteiger partial charge in [-0.3, -0.25) is 0 Å². The van der Waals surface area contributed by atoms with Crippen molar-refractivity contribution in [3.05, 3.63) is 29.3 Å². The molecule has 0 N–H and O–H groups in total. The number of aryl methyl sites for hydroxylation is 1. The van der Waals surface area contributed by atoms with E-state index in [2.05, 4.69) is 11.1 Å². The van der Waals surface area contributed by atoms with Gasteiger partial charge in [0.25, 0.3) is 0 Å². The van der Waals surface area contributed by atoms with Gasteiger partial charge in [-0.2, -0.15) is 4.99 Å². The summed E-state index contributed by atoms with van der Waals surface area (Å²) >= 11 is 0. The minimum absolute atomic E-state index is 0.0394. The van der Waals surface area contributed by atoms with Gasteiger partial charge in [0.05, 0.1) is 13.2 Å². The van der Waals surface area contributed by atoms with Crippen LogP contribution in [-0.2, 0) is 4.79 Å². The smallest absolute Gasteiger partial charge is 0.235 e. The van der Waals surface area contributed by atoms with E-state index in [1.165, 1.54) is 19.3 Å². The lowest BCUT2D eigenvalue weighted by atomic mass is 9.81. The molecule has 0 aromatic heterocycles. The van der Waals surface area contributed by atoms with Crippen molar-refractivity contribution in [2.75, 3.05) is 7.11 Å². The standard InChI is InChI=1S/C16H21NO2/c1-12-10-14(8-9-15(12)19-2)16(17-11-18)13-6-4-3-5-7-13/h8-10,13,16H,3-7H2,1-2H3. The van der Waals surface area contributed by atoms with Crippen molar-refractivity contribution in [2.45, 2.75) is 45.1 Å². The fourth-order valence-corrected chi connectivity index (χ4v) is 3.04. The molecule has 1 aliphatic rings. The lowest BCUT2D eigenvalue weighted by Gasteiger charge is -2.27. The number of hydrogen-bond donors (Lipinski definition) is 0. The van der Waals surface area contributed by atoms with E-state index in [4.69, 9.17) is 4.74 Å². The molecule has 0 saturated heterocycles. The highest BCUT2D eigenvalue weighted by Crippen LogP contribution is 2.37. The molecule has 1 fully saturated rings. The van der Waals surface area contributed by atoms with Gasteiger partial charge in [-0.15, -0.1) is 0 Å². The Morgan fingerprint density at radius 2 is 2.05 bits per heavy atom. The highest BCUT2D eigenvalue weighted by molar-refractivity contribution is 5.40. The fourth-order valence-electron chi connectivity index (χ4n) is 3.04. The second-order valence-corrected chi connectivity index (χ2v) is 5.29. The molecule has 1 aliphatic carbocycles. The lowest BCUT2D eigenvalue weighted by Crippen LogP contribution is -2.15. The van der Waals surface area contributed by atoms with Crippen molar-refractivity contribution in [3.8, 4) is 5.75 Å². The van der Waals surface area contributed by atoms with Gasteiger partial charge in [0.15, 0.2) is 0 Å². The Hall–Kier alpha value is -1.60. The van der Waals surface area contributed by atoms with Crippen molar-refractivity contribution < 1.29 is 9.53 Å². The molecule has 0 amide bonds. The third kappa shape index (κ3) is 3.24. The van der Waals surface area contributed by atoms with Crippen LogP contribution in [0.4, 0.5) is 0 Å². The third-order valence-corrected chi connectivity index (χ3v) is 4.05. The number of benzene rings is 1. The van der Waals surface area contributed by atoms with Crippen LogP contribution in [0.5, 0.6) is 5.75 Å². The molecule has 0 radical (unpaired) electrons. The zero-order valence-corrected chi connectivity index (χ0v) is 11.7. The van der Waals surface area contributed by atoms with Gasteiger partial charge in [-0.05, 0) is 42.9 Å². The molecule has 1 unspecified atom stereocenters. The largest absolute Gasteiger partial charge is 0.496 e. The van der Waals surface area contributed by atoms with Crippen LogP contribution in [-0.4, -0.2) is 13.2 Å². The molecule has 3 nitrogen and oxygen atoms in total. The summed E-state index contributed by atoms with van der Waals surface area (Å²) in [6, 6.07) is 6.02. The summed E-state index contributed by atoms with van der Waals surface area (Å²) in [4.78, 5) is 14.8. The van der Waals surface area contributed by atoms with E-state index in [-0.39, 0.29) is 6.04 Å². The van der Waals surface area contributed by atoms with Crippen molar-refractivity contribution in [3.63, 3.8) is 0 Å². The Balaban J connectivity index is 2.27. The molecule has 1 saturated carbocycles. The maximum atomic E-state index is 10.7. The molecule has 1 aromatic rings. The highest BCUT2D eigenvalue weighted by Gasteiger charge is 2.25. The third-order valence-electron chi connectivity index (χ3n) is 4.05. The van der Waals surface area contributed by atoms with E-state index < -0.39 is 0 Å². The van der Waals surface area contributed by atoms with Crippen molar-refractivity contribution in [2.24, 2.45) is 10.9 Å². The first kappa shape index (κ1) is 13.8. The average Bonchev–Trinajstić information content (AvgIpc) is 2.45. The highest BCUT2D eigenvalue weighted by atomic mass is 16.5. The SMILES string of the molecule is COc1ccc(C(N=C=O)C2CCCCC2)cc1C. The van der Waals surface area contributed by atoms with Gasteiger partial charge < -0.3 is 4.74 Å². The van der Waals surface area contributed by atoms with Crippen LogP contribution < -0.4 is 4.74 Å². The fraction of sp³-hybridized carbons (Fsp3) is 0.562. The molecular weight excluding hydrogens is 238 g/mol. The first-order chi connectivity index (χ1) is 9.26. The molecule has 1 atom stereocenters. The zero-order chi connectivity index (χ0) is 13.7. The van der Waals surface area contributed by atoms with E-state index in [9.17, 15) is 4.79 Å². The predicted octanol–water partition coefficient (Wildman–Crippen LogP) is 3.96. The molecule has 0 spiro atoms. The van der Waals surface area contributed by atoms with E-state index in [0.717, 1.165) is 29.7 Å². The Morgan fingerprint density at radius 1 is 1.32 bits per heavy atom. The number of ether oxygens (including phenoxy) is 1. The van der Waals surface area contributed by atoms with Crippen LogP contribution in [0.2, 0.25) is 0 Å². The number of methoxy groups -OCH3 is 1. The number of hydrogen-bond acceptors (Lipinski definition) is 3. The Morgan fingerprint density at radius 3 is 2.63 bits per heavy atom. The molecule has 1 aromatic carbocycles. The molecular formula is C16H21NO2. The molecule has 3 heteroatoms. The molecule has 102 valence electrons. The van der Waals surface area contributed by atoms with E-state index in [0.29, 0.717) is 5.92 Å². The molecule has 0 bridgehead atoms. The van der Waals surface area contributed by atoms with Gasteiger partial charge >= 0.3 is 0 Å². The Kier molecular flexibility index (Phi) is 4.75. The minimum Gasteiger partial charge on any atom is -0.496 e. The monoisotopic (exact) mass is 259 g/mol. The van der Waals surface area contributed by atoms with Gasteiger partial charge in [0.2, 0.25) is 6.08 Å². The summed E-state index contributed by atoms with van der Waals surface area (Å²) in [5.41, 5.74) is 2.19. The van der Waals surface area contributed by atoms with Crippen LogP contribution in [0.25, 0.3) is 0 Å². The number of nitrogens with zero attached hydrogens (tertiary/aromatic N) is 1. The minimum atomic E-state index is -0.0394. The van der Waals surface area contributed by atoms with Crippen LogP contribution in [0, 0.1) is 12.8 Å². The van der Waals surface area contributed by atoms with Crippen molar-refractivity contribution >= 4 is 6.08 Å². The number of aliphatic imine (C=N–C) groups is 1. The van der Waals surface area contributed by atoms with E-state index >= 15 is 0 Å². The van der Waals surface area contributed by atoms with Gasteiger partial charge in [-0.1, -0.05) is 31.4 Å². The molecule has 0 aliphatic heterocycles. The van der Waals surface area contributed by atoms with Gasteiger partial charge in [-0.25, -0.2) is 4.79 Å². The molecule has 0 heterocycles. The van der Waals surface area contributed by atoms with Gasteiger partial charge in [0.1, 0.15) is 5.75 Å². The zero-order valence-electron chi connectivity index (χ0n) is 11.7. The number of isocyanates is 1. The Labute approximate surface area is 114 Å². The van der Waals surface area contributed by atoms with E-state index in [1.807, 2.05) is 19.1 Å². The first-order valence-corrected chi connectivity index (χ1v) is 6.97. The topological polar surface area (TPSA) is 38.7 Å². The van der Waals surface area contributed by atoms with Gasteiger partial charge in [0, 0.05) is 0 Å². The van der Waals surface area contributed by atoms with Crippen LogP contribution in [0.1, 0.15) is 49.3 Å². The summed E-state index contributed by atoms with van der Waals surface area (Å²) in [7, 11) is 1.67. The summed E-state index contributed by atoms with van der Waals surface area (Å²) in [6.45, 7) is 2.02. The second-order valence-electron chi connectivity index (χ2n) is 5.29. The van der Waals surface area contributed by atoms with Crippen molar-refractivity contribution in [1.29, 1.82) is 0 Å². The van der Waals surface area contributed by atoms with Crippen LogP contribution in [0.15, 0.2) is 23.2 Å². The van der Waals surface area contributed by atoms with Crippen LogP contribution in [0.3, 0.4) is 0 Å². The maximum absolute atomic E-state index is 10.7. The Bertz CT molecular complexity index is 472. The lowest BCUT2D eigenvalue weighted by molar-refractivity contribution is 0.308. The number of carbonyl (C=O) groups excluding carboxylic acids is 1.